The number of nitrogens with one attached hydrogen (secondary N) is 1. The summed E-state index contributed by atoms with van der Waals surface area (Å²) in [5.74, 6) is 0.285. The number of thiazole rings is 1. The van der Waals surface area contributed by atoms with Crippen LogP contribution in [0.4, 0.5) is 5.69 Å². The number of methoxy groups -OCH3 is 1. The maximum absolute atomic E-state index is 14.4. The third kappa shape index (κ3) is 5.56. The smallest absolute Gasteiger partial charge is 0.271 e. The number of rotatable bonds is 7. The number of fused-ring (bicyclic) bond motifs is 2. The minimum atomic E-state index is -0.726. The number of carbonyl (C=O) groups is 1. The second kappa shape index (κ2) is 12.4. The molecule has 3 heterocycles. The number of carbonyl (C=O) groups excluding carboxylic acids is 1. The average Bonchev–Trinajstić information content (AvgIpc) is 3.60. The first-order chi connectivity index (χ1) is 22.9. The lowest BCUT2D eigenvalue weighted by Crippen LogP contribution is -2.40. The van der Waals surface area contributed by atoms with E-state index in [4.69, 9.17) is 9.73 Å². The molecule has 1 aliphatic heterocycles. The first-order valence-corrected chi connectivity index (χ1v) is 15.9. The second-order valence-corrected chi connectivity index (χ2v) is 12.2. The number of allylic oxidation sites excluding steroid dienone is 1. The zero-order chi connectivity index (χ0) is 32.5. The Balaban J connectivity index is 1.37. The molecule has 9 heteroatoms. The van der Waals surface area contributed by atoms with E-state index in [1.165, 1.54) is 11.3 Å². The average molecular weight is 636 g/mol. The number of hydrogen-bond acceptors (Lipinski definition) is 6. The highest BCUT2D eigenvalue weighted by Crippen LogP contribution is 2.32. The molecule has 0 saturated carbocycles. The van der Waals surface area contributed by atoms with Crippen molar-refractivity contribution in [2.75, 3.05) is 12.4 Å². The van der Waals surface area contributed by atoms with Gasteiger partial charge in [0.25, 0.3) is 11.5 Å². The lowest BCUT2D eigenvalue weighted by molar-refractivity contribution is -0.113. The fourth-order valence-electron chi connectivity index (χ4n) is 6.07. The summed E-state index contributed by atoms with van der Waals surface area (Å²) in [6, 6.07) is 33.8. The van der Waals surface area contributed by atoms with Crippen LogP contribution in [0.3, 0.4) is 0 Å². The maximum Gasteiger partial charge on any atom is 0.271 e. The van der Waals surface area contributed by atoms with E-state index in [0.29, 0.717) is 44.1 Å². The van der Waals surface area contributed by atoms with Crippen molar-refractivity contribution in [3.05, 3.63) is 163 Å². The molecule has 1 atom stereocenters. The van der Waals surface area contributed by atoms with Crippen LogP contribution in [0.5, 0.6) is 5.75 Å². The lowest BCUT2D eigenvalue weighted by atomic mass is 9.95. The molecule has 0 radical (unpaired) electrons. The summed E-state index contributed by atoms with van der Waals surface area (Å²) in [5, 5.41) is 13.6. The predicted molar refractivity (Wildman–Crippen MR) is 184 cm³/mol. The molecule has 4 aromatic carbocycles. The first-order valence-electron chi connectivity index (χ1n) is 15.0. The first kappa shape index (κ1) is 29.7. The van der Waals surface area contributed by atoms with Gasteiger partial charge in [-0.15, -0.1) is 0 Å². The van der Waals surface area contributed by atoms with Gasteiger partial charge in [-0.1, -0.05) is 78.1 Å². The van der Waals surface area contributed by atoms with Crippen molar-refractivity contribution < 1.29 is 9.53 Å². The predicted octanol–water partition coefficient (Wildman–Crippen LogP) is 5.76. The largest absolute Gasteiger partial charge is 0.497 e. The highest BCUT2D eigenvalue weighted by atomic mass is 32.1. The van der Waals surface area contributed by atoms with Crippen LogP contribution in [0.25, 0.3) is 17.0 Å². The van der Waals surface area contributed by atoms with Crippen LogP contribution in [0.15, 0.2) is 130 Å². The molecule has 0 spiro atoms. The number of benzene rings is 4. The van der Waals surface area contributed by atoms with E-state index in [1.54, 1.807) is 18.6 Å². The van der Waals surface area contributed by atoms with E-state index in [9.17, 15) is 14.9 Å². The Hall–Kier alpha value is -5.98. The van der Waals surface area contributed by atoms with Gasteiger partial charge in [-0.2, -0.15) is 5.26 Å². The van der Waals surface area contributed by atoms with Gasteiger partial charge in [-0.3, -0.25) is 14.2 Å². The highest BCUT2D eigenvalue weighted by molar-refractivity contribution is 7.07. The molecule has 7 rings (SSSR count). The number of aromatic nitrogens is 2. The second-order valence-electron chi connectivity index (χ2n) is 11.2. The van der Waals surface area contributed by atoms with Crippen LogP contribution < -0.4 is 24.9 Å². The van der Waals surface area contributed by atoms with E-state index >= 15 is 0 Å². The number of anilines is 1. The van der Waals surface area contributed by atoms with Gasteiger partial charge in [0.1, 0.15) is 5.75 Å². The Kier molecular flexibility index (Phi) is 7.86. The van der Waals surface area contributed by atoms with Crippen molar-refractivity contribution in [1.82, 2.24) is 9.13 Å². The van der Waals surface area contributed by atoms with E-state index < -0.39 is 6.04 Å². The van der Waals surface area contributed by atoms with Crippen molar-refractivity contribution in [1.29, 1.82) is 5.26 Å². The molecule has 230 valence electrons. The summed E-state index contributed by atoms with van der Waals surface area (Å²) in [6.45, 7) is 2.31. The van der Waals surface area contributed by atoms with Gasteiger partial charge in [0.05, 0.1) is 40.6 Å². The maximum atomic E-state index is 14.4. The van der Waals surface area contributed by atoms with E-state index in [1.807, 2.05) is 115 Å². The van der Waals surface area contributed by atoms with Gasteiger partial charge in [-0.25, -0.2) is 4.99 Å². The summed E-state index contributed by atoms with van der Waals surface area (Å²) >= 11 is 1.29. The Morgan fingerprint density at radius 1 is 1.02 bits per heavy atom. The molecule has 1 aliphatic rings. The fraction of sp³-hybridized carbons (Fsp3) is 0.105. The van der Waals surface area contributed by atoms with E-state index in [0.717, 1.165) is 27.6 Å². The monoisotopic (exact) mass is 635 g/mol. The van der Waals surface area contributed by atoms with Crippen LogP contribution in [0, 0.1) is 11.3 Å². The molecular formula is C38H29N5O3S. The van der Waals surface area contributed by atoms with Crippen molar-refractivity contribution >= 4 is 39.9 Å². The Morgan fingerprint density at radius 3 is 2.60 bits per heavy atom. The van der Waals surface area contributed by atoms with Crippen molar-refractivity contribution in [2.45, 2.75) is 19.5 Å². The van der Waals surface area contributed by atoms with Crippen LogP contribution >= 0.6 is 11.3 Å². The third-order valence-electron chi connectivity index (χ3n) is 8.29. The van der Waals surface area contributed by atoms with E-state index in [2.05, 4.69) is 16.0 Å². The summed E-state index contributed by atoms with van der Waals surface area (Å²) in [4.78, 5) is 33.5. The standard InChI is InChI=1S/C38H29N5O3S/c1-24-34(36(44)41-29-14-4-3-5-15-29)35(25-13-10-16-30(19-25)46-2)43-37(45)33(47-38(43)40-24)20-28-23-42(32-18-9-8-17-31(28)32)22-27-12-7-6-11-26(27)21-39/h3-20,23,35H,22H2,1-2H3,(H,41,44)/b33-20+. The highest BCUT2D eigenvalue weighted by Gasteiger charge is 2.33. The molecule has 8 nitrogen and oxygen atoms in total. The molecule has 0 saturated heterocycles. The van der Waals surface area contributed by atoms with Gasteiger partial charge < -0.3 is 14.6 Å². The molecule has 1 unspecified atom stereocenters. The molecule has 1 amide bonds. The van der Waals surface area contributed by atoms with Gasteiger partial charge in [0, 0.05) is 34.9 Å². The minimum Gasteiger partial charge on any atom is -0.497 e. The van der Waals surface area contributed by atoms with Crippen molar-refractivity contribution in [3.63, 3.8) is 0 Å². The SMILES string of the molecule is COc1cccc(C2C(C(=O)Nc3ccccc3)=C(C)N=c3s/c(=C/c4cn(Cc5ccccc5C#N)c5ccccc45)c(=O)n32)c1. The number of hydrogen-bond donors (Lipinski definition) is 1. The third-order valence-corrected chi connectivity index (χ3v) is 9.27. The van der Waals surface area contributed by atoms with Gasteiger partial charge in [0.2, 0.25) is 0 Å². The molecule has 0 aliphatic carbocycles. The zero-order valence-corrected chi connectivity index (χ0v) is 26.5. The number of nitrogens with zero attached hydrogens (tertiary/aromatic N) is 4. The molecular weight excluding hydrogens is 607 g/mol. The van der Waals surface area contributed by atoms with E-state index in [-0.39, 0.29) is 11.5 Å². The number of nitriles is 1. The van der Waals surface area contributed by atoms with Crippen molar-refractivity contribution in [3.8, 4) is 11.8 Å². The van der Waals surface area contributed by atoms with Crippen LogP contribution in [0.2, 0.25) is 0 Å². The van der Waals surface area contributed by atoms with Gasteiger partial charge in [-0.05, 0) is 60.5 Å². The molecule has 6 aromatic rings. The molecule has 2 aromatic heterocycles. The van der Waals surface area contributed by atoms with Gasteiger partial charge in [0.15, 0.2) is 4.80 Å². The normalized spacial score (nSPS) is 14.4. The van der Waals surface area contributed by atoms with Crippen molar-refractivity contribution in [2.24, 2.45) is 4.99 Å². The topological polar surface area (TPSA) is 101 Å². The van der Waals surface area contributed by atoms with Crippen LogP contribution in [0.1, 0.15) is 35.2 Å². The number of amides is 1. The molecule has 47 heavy (non-hydrogen) atoms. The minimum absolute atomic E-state index is 0.245. The Bertz CT molecular complexity index is 2430. The lowest BCUT2D eigenvalue weighted by Gasteiger charge is -2.25. The molecule has 0 fully saturated rings. The Labute approximate surface area is 274 Å². The Morgan fingerprint density at radius 2 is 1.79 bits per heavy atom. The molecule has 0 bridgehead atoms. The zero-order valence-electron chi connectivity index (χ0n) is 25.7. The van der Waals surface area contributed by atoms with Gasteiger partial charge >= 0.3 is 0 Å². The van der Waals surface area contributed by atoms with Crippen LogP contribution in [-0.2, 0) is 11.3 Å². The number of ether oxygens (including phenoxy) is 1. The summed E-state index contributed by atoms with van der Waals surface area (Å²) in [6.07, 6.45) is 3.91. The molecule has 1 N–H and O–H groups in total. The summed E-state index contributed by atoms with van der Waals surface area (Å²) in [7, 11) is 1.59. The fourth-order valence-corrected chi connectivity index (χ4v) is 7.11. The summed E-state index contributed by atoms with van der Waals surface area (Å²) < 4.78 is 9.72. The number of para-hydroxylation sites is 2. The summed E-state index contributed by atoms with van der Waals surface area (Å²) in [5.41, 5.74) is 5.45. The quantitative estimate of drug-likeness (QED) is 0.241. The van der Waals surface area contributed by atoms with Crippen LogP contribution in [-0.4, -0.2) is 22.2 Å².